The molecule has 0 saturated heterocycles. The van der Waals surface area contributed by atoms with Crippen LogP contribution in [0.15, 0.2) is 0 Å². The standard InChI is InChI=1S/5CN.Fe.NO.Na.H/c5*1-2;;1-2;;/q5*-1;+6;-1;+1;-1. The van der Waals surface area contributed by atoms with Crippen LogP contribution >= 0.6 is 0 Å². The van der Waals surface area contributed by atoms with Crippen molar-refractivity contribution in [2.24, 2.45) is 0 Å². The maximum Gasteiger partial charge on any atom is 6.00 e. The van der Waals surface area contributed by atoms with Gasteiger partial charge in [-0.2, -0.15) is 0 Å². The summed E-state index contributed by atoms with van der Waals surface area (Å²) in [5.41, 5.74) is 5.75. The van der Waals surface area contributed by atoms with Gasteiger partial charge in [-0.15, -0.1) is 0 Å². The number of hydrogen-bond donors (Lipinski definition) is 0. The van der Waals surface area contributed by atoms with Crippen LogP contribution in [0.1, 0.15) is 1.43 Å². The fourth-order valence-electron chi connectivity index (χ4n) is 0. The molecule has 0 aliphatic heterocycles. The van der Waals surface area contributed by atoms with E-state index in [-0.39, 0.29) is 48.1 Å². The molecule has 0 amide bonds. The molecule has 66 valence electrons. The Bertz CT molecular complexity index is 101. The van der Waals surface area contributed by atoms with Gasteiger partial charge in [0.25, 0.3) is 0 Å². The summed E-state index contributed by atoms with van der Waals surface area (Å²) in [7, 11) is 0. The van der Waals surface area contributed by atoms with Crippen molar-refractivity contribution in [3.05, 3.63) is 43.4 Å². The molecule has 0 aromatic rings. The maximum absolute atomic E-state index is 7.25. The minimum atomic E-state index is 0. The van der Waals surface area contributed by atoms with Gasteiger partial charge in [0, 0.05) is 0 Å². The molecule has 0 rings (SSSR count). The molecule has 0 aromatic heterocycles. The minimum absolute atomic E-state index is 0. The van der Waals surface area contributed by atoms with Crippen molar-refractivity contribution in [2.45, 2.75) is 0 Å². The Morgan fingerprint density at radius 1 is 0.643 bits per heavy atom. The second-order valence-electron chi connectivity index (χ2n) is 0. The predicted octanol–water partition coefficient (Wildman–Crippen LogP) is -2.08. The zero-order valence-electron chi connectivity index (χ0n) is 7.95. The quantitative estimate of drug-likeness (QED) is 0.348. The third-order valence-electron chi connectivity index (χ3n) is 0. The molecule has 0 atom stereocenters. The van der Waals surface area contributed by atoms with Crippen molar-refractivity contribution in [2.75, 3.05) is 0 Å². The van der Waals surface area contributed by atoms with E-state index >= 15 is 0 Å². The minimum Gasteiger partial charge on any atom is -1.00 e. The summed E-state index contributed by atoms with van der Waals surface area (Å²) in [6, 6.07) is 0. The Labute approximate surface area is 117 Å². The molecule has 14 heavy (non-hydrogen) atoms. The fraction of sp³-hybridized carbons (Fsp3) is 0. The number of hydrogen-bond acceptors (Lipinski definition) is 6. The summed E-state index contributed by atoms with van der Waals surface area (Å²) in [4.78, 5) is 7.25. The van der Waals surface area contributed by atoms with Crippen LogP contribution in [-0.4, -0.2) is 0 Å². The maximum atomic E-state index is 7.25. The van der Waals surface area contributed by atoms with E-state index in [2.05, 4.69) is 0 Å². The number of nitrogens with zero attached hydrogens (tertiary/aromatic N) is 6. The summed E-state index contributed by atoms with van der Waals surface area (Å²) in [6.45, 7) is 23.8. The molecule has 0 aliphatic rings. The summed E-state index contributed by atoms with van der Waals surface area (Å²) in [6.07, 6.45) is 0. The zero-order valence-corrected chi connectivity index (χ0v) is 10.0. The Morgan fingerprint density at radius 3 is 0.643 bits per heavy atom. The van der Waals surface area contributed by atoms with Crippen molar-refractivity contribution in [1.29, 1.82) is 26.3 Å². The Kier molecular flexibility index (Phi) is 3640. The van der Waals surface area contributed by atoms with Crippen LogP contribution in [0.25, 0.3) is 5.59 Å². The molecular formula is C5HFeN6NaO. The van der Waals surface area contributed by atoms with Crippen LogP contribution in [0.3, 0.4) is 0 Å². The monoisotopic (exact) mass is 240 g/mol. The van der Waals surface area contributed by atoms with Crippen LogP contribution in [0.4, 0.5) is 0 Å². The third kappa shape index (κ3) is 473. The summed E-state index contributed by atoms with van der Waals surface area (Å²) in [5, 5.41) is 31.2. The molecule has 0 N–H and O–H groups in total. The van der Waals surface area contributed by atoms with Crippen LogP contribution in [0, 0.1) is 64.1 Å². The molecule has 0 aromatic carbocycles. The van der Waals surface area contributed by atoms with Gasteiger partial charge in [-0.25, -0.2) is 0 Å². The second-order valence-corrected chi connectivity index (χ2v) is 0. The molecule has 0 unspecified atom stereocenters. The second kappa shape index (κ2) is 632. The molecule has 0 fully saturated rings. The van der Waals surface area contributed by atoms with E-state index in [4.69, 9.17) is 69.7 Å². The van der Waals surface area contributed by atoms with Crippen LogP contribution in [-0.2, 0) is 17.1 Å². The molecular weight excluding hydrogens is 239 g/mol. The predicted molar refractivity (Wildman–Crippen MR) is 32.7 cm³/mol. The van der Waals surface area contributed by atoms with E-state index in [0.29, 0.717) is 0 Å². The Morgan fingerprint density at radius 2 is 0.643 bits per heavy atom. The first-order valence-corrected chi connectivity index (χ1v) is 1.30. The van der Waals surface area contributed by atoms with E-state index in [1.54, 1.807) is 0 Å². The summed E-state index contributed by atoms with van der Waals surface area (Å²) < 4.78 is 0. The molecule has 0 saturated carbocycles. The molecule has 0 aliphatic carbocycles. The van der Waals surface area contributed by atoms with Gasteiger partial charge in [0.05, 0.1) is 0 Å². The van der Waals surface area contributed by atoms with E-state index in [1.165, 1.54) is 0 Å². The molecule has 9 heteroatoms. The van der Waals surface area contributed by atoms with Gasteiger partial charge in [-0.3, -0.25) is 0 Å². The number of nitroso groups, excluding NO2 is 1. The van der Waals surface area contributed by atoms with Crippen LogP contribution in [0.2, 0.25) is 0 Å². The third-order valence-corrected chi connectivity index (χ3v) is 0. The zero-order chi connectivity index (χ0) is 12.0. The Balaban J connectivity index is -0.00000000396. The molecule has 0 spiro atoms. The van der Waals surface area contributed by atoms with Gasteiger partial charge in [0.15, 0.2) is 0 Å². The van der Waals surface area contributed by atoms with E-state index in [0.717, 1.165) is 0 Å². The van der Waals surface area contributed by atoms with Gasteiger partial charge < -0.3 is 71.1 Å². The molecule has 0 bridgehead atoms. The SMILES string of the molecule is [C-]#N.[C-]#N.[C-]#N.[C-]#N.[C-]#N.[Fe+6].[H-].[N-]=O.[Na+]. The first kappa shape index (κ1) is 80.6. The summed E-state index contributed by atoms with van der Waals surface area (Å²) in [5.74, 6) is 0. The summed E-state index contributed by atoms with van der Waals surface area (Å²) >= 11 is 0. The molecule has 7 nitrogen and oxygen atoms in total. The van der Waals surface area contributed by atoms with E-state index in [9.17, 15) is 0 Å². The van der Waals surface area contributed by atoms with Crippen molar-refractivity contribution in [1.82, 2.24) is 0 Å². The van der Waals surface area contributed by atoms with Crippen LogP contribution < -0.4 is 29.6 Å². The normalized spacial score (nSPS) is 1.00. The van der Waals surface area contributed by atoms with E-state index < -0.39 is 0 Å². The molecule has 0 radical (unpaired) electrons. The largest absolute Gasteiger partial charge is 6.00 e. The van der Waals surface area contributed by atoms with Crippen molar-refractivity contribution < 1.29 is 48.1 Å². The van der Waals surface area contributed by atoms with Gasteiger partial charge in [-0.1, -0.05) is 0 Å². The average molecular weight is 240 g/mol. The molecule has 0 heterocycles. The number of rotatable bonds is 0. The van der Waals surface area contributed by atoms with Gasteiger partial charge in [0.1, 0.15) is 0 Å². The fourth-order valence-corrected chi connectivity index (χ4v) is 0. The Hall–Kier alpha value is -1.43. The van der Waals surface area contributed by atoms with Crippen LogP contribution in [0.5, 0.6) is 0 Å². The first-order valence-electron chi connectivity index (χ1n) is 1.30. The average Bonchev–Trinajstić information content (AvgIpc) is 2.33. The van der Waals surface area contributed by atoms with Crippen molar-refractivity contribution in [3.63, 3.8) is 0 Å². The van der Waals surface area contributed by atoms with Crippen molar-refractivity contribution >= 4 is 0 Å². The van der Waals surface area contributed by atoms with E-state index in [1.807, 2.05) is 0 Å². The van der Waals surface area contributed by atoms with Crippen molar-refractivity contribution in [3.8, 4) is 0 Å². The van der Waals surface area contributed by atoms with Gasteiger partial charge in [-0.05, 0) is 0 Å². The smallest absolute Gasteiger partial charge is 1.00 e. The first-order chi connectivity index (χ1) is 6.00. The van der Waals surface area contributed by atoms with Gasteiger partial charge in [0.2, 0.25) is 0 Å². The topological polar surface area (TPSA) is 158 Å². The van der Waals surface area contributed by atoms with Gasteiger partial charge >= 0.3 is 46.6 Å².